The average molecular weight is 324 g/mol. The van der Waals surface area contributed by atoms with Gasteiger partial charge in [0.05, 0.1) is 18.8 Å². The van der Waals surface area contributed by atoms with Crippen LogP contribution in [0.5, 0.6) is 5.75 Å². The van der Waals surface area contributed by atoms with Gasteiger partial charge in [-0.05, 0) is 37.6 Å². The first kappa shape index (κ1) is 15.4. The number of benzene rings is 1. The van der Waals surface area contributed by atoms with Gasteiger partial charge in [0.1, 0.15) is 17.9 Å². The predicted octanol–water partition coefficient (Wildman–Crippen LogP) is 2.81. The fourth-order valence-corrected chi connectivity index (χ4v) is 3.90. The molecular weight excluding hydrogens is 300 g/mol. The van der Waals surface area contributed by atoms with Gasteiger partial charge >= 0.3 is 0 Å². The van der Waals surface area contributed by atoms with Crippen LogP contribution < -0.4 is 9.64 Å². The van der Waals surface area contributed by atoms with Crippen LogP contribution in [0.25, 0.3) is 0 Å². The Morgan fingerprint density at radius 3 is 2.75 bits per heavy atom. The molecule has 4 rings (SSSR count). The largest absolute Gasteiger partial charge is 0.497 e. The minimum atomic E-state index is 0.391. The number of fused-ring (bicyclic) bond motifs is 1. The third-order valence-electron chi connectivity index (χ3n) is 5.20. The second-order valence-corrected chi connectivity index (χ2v) is 6.73. The summed E-state index contributed by atoms with van der Waals surface area (Å²) in [6.07, 6.45) is 5.12. The predicted molar refractivity (Wildman–Crippen MR) is 94.4 cm³/mol. The highest BCUT2D eigenvalue weighted by Crippen LogP contribution is 2.38. The van der Waals surface area contributed by atoms with Gasteiger partial charge in [0, 0.05) is 31.6 Å². The highest BCUT2D eigenvalue weighted by Gasteiger charge is 2.30. The molecule has 0 amide bonds. The Bertz CT molecular complexity index is 716. The summed E-state index contributed by atoms with van der Waals surface area (Å²) in [7, 11) is 3.88. The molecule has 2 aliphatic heterocycles. The number of methoxy groups -OCH3 is 1. The molecule has 0 aliphatic carbocycles. The van der Waals surface area contributed by atoms with Gasteiger partial charge in [-0.25, -0.2) is 9.97 Å². The van der Waals surface area contributed by atoms with E-state index in [1.54, 1.807) is 13.4 Å². The second kappa shape index (κ2) is 6.40. The number of aromatic nitrogens is 2. The van der Waals surface area contributed by atoms with Crippen LogP contribution in [0.2, 0.25) is 0 Å². The van der Waals surface area contributed by atoms with Crippen molar-refractivity contribution in [1.82, 2.24) is 14.9 Å². The van der Waals surface area contributed by atoms with E-state index in [1.165, 1.54) is 29.7 Å². The average Bonchev–Trinajstić information content (AvgIpc) is 3.10. The second-order valence-electron chi connectivity index (χ2n) is 6.73. The molecule has 24 heavy (non-hydrogen) atoms. The zero-order valence-electron chi connectivity index (χ0n) is 14.4. The summed E-state index contributed by atoms with van der Waals surface area (Å²) in [5.41, 5.74) is 3.87. The summed E-state index contributed by atoms with van der Waals surface area (Å²) >= 11 is 0. The van der Waals surface area contributed by atoms with Gasteiger partial charge in [0.15, 0.2) is 0 Å². The molecule has 0 radical (unpaired) electrons. The summed E-state index contributed by atoms with van der Waals surface area (Å²) in [6.45, 7) is 3.08. The Kier molecular flexibility index (Phi) is 4.10. The zero-order chi connectivity index (χ0) is 16.5. The highest BCUT2D eigenvalue weighted by molar-refractivity contribution is 5.52. The molecule has 2 aliphatic rings. The Labute approximate surface area is 143 Å². The normalized spacial score (nSPS) is 20.9. The lowest BCUT2D eigenvalue weighted by molar-refractivity contribution is 0.309. The van der Waals surface area contributed by atoms with E-state index < -0.39 is 0 Å². The molecular formula is C19H24N4O. The lowest BCUT2D eigenvalue weighted by atomic mass is 10.0. The van der Waals surface area contributed by atoms with E-state index in [9.17, 15) is 0 Å². The van der Waals surface area contributed by atoms with Gasteiger partial charge < -0.3 is 14.5 Å². The molecule has 0 unspecified atom stereocenters. The van der Waals surface area contributed by atoms with Crippen molar-refractivity contribution in [2.45, 2.75) is 31.8 Å². The van der Waals surface area contributed by atoms with Crippen molar-refractivity contribution in [2.75, 3.05) is 32.1 Å². The van der Waals surface area contributed by atoms with Crippen molar-refractivity contribution >= 4 is 5.82 Å². The van der Waals surface area contributed by atoms with E-state index in [1.807, 2.05) is 0 Å². The lowest BCUT2D eigenvalue weighted by Gasteiger charge is -2.32. The number of hydrogen-bond donors (Lipinski definition) is 0. The van der Waals surface area contributed by atoms with Crippen molar-refractivity contribution in [3.05, 3.63) is 47.4 Å². The molecule has 1 atom stereocenters. The standard InChI is InChI=1S/C19H24N4O/c1-22-11-9-17-16(12-22)19(21-13-20-17)23-10-3-4-18(23)14-5-7-15(24-2)8-6-14/h5-8,13,18H,3-4,9-12H2,1-2H3/t18-/m0/s1. The monoisotopic (exact) mass is 324 g/mol. The number of anilines is 1. The van der Waals surface area contributed by atoms with Crippen molar-refractivity contribution in [3.8, 4) is 5.75 Å². The molecule has 126 valence electrons. The van der Waals surface area contributed by atoms with Gasteiger partial charge in [0.2, 0.25) is 0 Å². The summed E-state index contributed by atoms with van der Waals surface area (Å²) in [5.74, 6) is 2.04. The van der Waals surface area contributed by atoms with Crippen molar-refractivity contribution in [3.63, 3.8) is 0 Å². The number of likely N-dealkylation sites (N-methyl/N-ethyl adjacent to an activating group) is 1. The lowest BCUT2D eigenvalue weighted by Crippen LogP contribution is -2.32. The van der Waals surface area contributed by atoms with E-state index in [2.05, 4.69) is 51.1 Å². The number of hydrogen-bond acceptors (Lipinski definition) is 5. The summed E-state index contributed by atoms with van der Waals surface area (Å²) < 4.78 is 5.29. The molecule has 1 aromatic carbocycles. The molecule has 1 saturated heterocycles. The highest BCUT2D eigenvalue weighted by atomic mass is 16.5. The molecule has 0 spiro atoms. The van der Waals surface area contributed by atoms with Crippen LogP contribution in [0.15, 0.2) is 30.6 Å². The molecule has 0 bridgehead atoms. The smallest absolute Gasteiger partial charge is 0.137 e. The van der Waals surface area contributed by atoms with Gasteiger partial charge in [-0.3, -0.25) is 0 Å². The van der Waals surface area contributed by atoms with Crippen molar-refractivity contribution in [2.24, 2.45) is 0 Å². The molecule has 1 fully saturated rings. The maximum atomic E-state index is 5.29. The molecule has 0 saturated carbocycles. The summed E-state index contributed by atoms with van der Waals surface area (Å²) in [6, 6.07) is 8.86. The number of rotatable bonds is 3. The maximum Gasteiger partial charge on any atom is 0.137 e. The van der Waals surface area contributed by atoms with Crippen molar-refractivity contribution < 1.29 is 4.74 Å². The molecule has 2 aromatic rings. The van der Waals surface area contributed by atoms with Crippen LogP contribution in [-0.2, 0) is 13.0 Å². The molecule has 5 heteroatoms. The van der Waals surface area contributed by atoms with E-state index in [4.69, 9.17) is 4.74 Å². The Hall–Kier alpha value is -2.14. The third-order valence-corrected chi connectivity index (χ3v) is 5.20. The quantitative estimate of drug-likeness (QED) is 0.868. The third kappa shape index (κ3) is 2.73. The van der Waals surface area contributed by atoms with Crippen LogP contribution >= 0.6 is 0 Å². The maximum absolute atomic E-state index is 5.29. The minimum Gasteiger partial charge on any atom is -0.497 e. The van der Waals surface area contributed by atoms with Gasteiger partial charge in [-0.2, -0.15) is 0 Å². The van der Waals surface area contributed by atoms with E-state index in [0.29, 0.717) is 6.04 Å². The Morgan fingerprint density at radius 1 is 1.12 bits per heavy atom. The first-order chi connectivity index (χ1) is 11.8. The van der Waals surface area contributed by atoms with Crippen LogP contribution in [-0.4, -0.2) is 42.1 Å². The van der Waals surface area contributed by atoms with Crippen LogP contribution in [0.4, 0.5) is 5.82 Å². The van der Waals surface area contributed by atoms with Crippen LogP contribution in [0.1, 0.15) is 35.7 Å². The zero-order valence-corrected chi connectivity index (χ0v) is 14.4. The molecule has 1 aromatic heterocycles. The van der Waals surface area contributed by atoms with Gasteiger partial charge in [-0.1, -0.05) is 12.1 Å². The first-order valence-corrected chi connectivity index (χ1v) is 8.68. The Morgan fingerprint density at radius 2 is 1.96 bits per heavy atom. The summed E-state index contributed by atoms with van der Waals surface area (Å²) in [5, 5.41) is 0. The fraction of sp³-hybridized carbons (Fsp3) is 0.474. The SMILES string of the molecule is COc1ccc([C@@H]2CCCN2c2ncnc3c2CN(C)CC3)cc1. The molecule has 0 N–H and O–H groups in total. The van der Waals surface area contributed by atoms with E-state index in [0.717, 1.165) is 37.6 Å². The molecule has 5 nitrogen and oxygen atoms in total. The minimum absolute atomic E-state index is 0.391. The number of ether oxygens (including phenoxy) is 1. The first-order valence-electron chi connectivity index (χ1n) is 8.68. The number of nitrogens with zero attached hydrogens (tertiary/aromatic N) is 4. The van der Waals surface area contributed by atoms with Gasteiger partial charge in [0.25, 0.3) is 0 Å². The topological polar surface area (TPSA) is 41.5 Å². The molecule has 3 heterocycles. The van der Waals surface area contributed by atoms with Gasteiger partial charge in [-0.15, -0.1) is 0 Å². The summed E-state index contributed by atoms with van der Waals surface area (Å²) in [4.78, 5) is 14.0. The Balaban J connectivity index is 1.68. The van der Waals surface area contributed by atoms with Crippen LogP contribution in [0, 0.1) is 0 Å². The van der Waals surface area contributed by atoms with Crippen LogP contribution in [0.3, 0.4) is 0 Å². The van der Waals surface area contributed by atoms with Crippen molar-refractivity contribution in [1.29, 1.82) is 0 Å². The van der Waals surface area contributed by atoms with E-state index >= 15 is 0 Å². The van der Waals surface area contributed by atoms with E-state index in [-0.39, 0.29) is 0 Å². The fourth-order valence-electron chi connectivity index (χ4n) is 3.90.